The fraction of sp³-hybridized carbons (Fsp3) is 0.667. The summed E-state index contributed by atoms with van der Waals surface area (Å²) in [5.41, 5.74) is 4.32. The number of aryl methyl sites for hydroxylation is 1. The van der Waals surface area contributed by atoms with Gasteiger partial charge >= 0.3 is 0 Å². The molecular weight excluding hydrogens is 244 g/mol. The normalized spacial score (nSPS) is 25.2. The number of anilines is 1. The van der Waals surface area contributed by atoms with Crippen LogP contribution in [0.5, 0.6) is 0 Å². The first-order chi connectivity index (χ1) is 9.78. The monoisotopic (exact) mass is 272 g/mol. The molecule has 1 heterocycles. The molecule has 20 heavy (non-hydrogen) atoms. The van der Waals surface area contributed by atoms with Gasteiger partial charge in [-0.15, -0.1) is 0 Å². The smallest absolute Gasteiger partial charge is 0.0369 e. The molecule has 2 fully saturated rings. The first-order valence-corrected chi connectivity index (χ1v) is 8.33. The predicted octanol–water partition coefficient (Wildman–Crippen LogP) is 3.73. The Bertz CT molecular complexity index is 443. The largest absolute Gasteiger partial charge is 0.371 e. The van der Waals surface area contributed by atoms with Crippen LogP contribution in [0.1, 0.15) is 43.7 Å². The minimum Gasteiger partial charge on any atom is -0.371 e. The molecule has 110 valence electrons. The van der Waals surface area contributed by atoms with Crippen molar-refractivity contribution in [2.45, 2.75) is 46.1 Å². The van der Waals surface area contributed by atoms with Gasteiger partial charge in [0.1, 0.15) is 0 Å². The Morgan fingerprint density at radius 1 is 1.20 bits per heavy atom. The van der Waals surface area contributed by atoms with Crippen LogP contribution in [0.25, 0.3) is 0 Å². The van der Waals surface area contributed by atoms with Crippen LogP contribution >= 0.6 is 0 Å². The Labute approximate surface area is 123 Å². The number of fused-ring (bicyclic) bond motifs is 1. The lowest BCUT2D eigenvalue weighted by atomic mass is 10.0. The molecule has 1 saturated heterocycles. The number of nitrogens with zero attached hydrogens (tertiary/aromatic N) is 1. The summed E-state index contributed by atoms with van der Waals surface area (Å²) < 4.78 is 0. The third-order valence-corrected chi connectivity index (χ3v) is 5.16. The SMILES string of the molecule is CCCNCc1ccc(N2CC3CCCC3C2)cc1C. The Morgan fingerprint density at radius 2 is 1.95 bits per heavy atom. The van der Waals surface area contributed by atoms with E-state index in [-0.39, 0.29) is 0 Å². The summed E-state index contributed by atoms with van der Waals surface area (Å²) in [4.78, 5) is 2.62. The summed E-state index contributed by atoms with van der Waals surface area (Å²) in [5.74, 6) is 1.95. The number of rotatable bonds is 5. The standard InChI is InChI=1S/C18H28N2/c1-3-9-19-11-15-7-8-18(10-14(15)2)20-12-16-5-4-6-17(16)13-20/h7-8,10,16-17,19H,3-6,9,11-13H2,1-2H3. The first kappa shape index (κ1) is 13.9. The topological polar surface area (TPSA) is 15.3 Å². The maximum Gasteiger partial charge on any atom is 0.0369 e. The van der Waals surface area contributed by atoms with Crippen molar-refractivity contribution < 1.29 is 0 Å². The molecule has 1 aromatic carbocycles. The summed E-state index contributed by atoms with van der Waals surface area (Å²) in [6.45, 7) is 9.16. The van der Waals surface area contributed by atoms with Gasteiger partial charge in [0.25, 0.3) is 0 Å². The second-order valence-corrected chi connectivity index (χ2v) is 6.64. The van der Waals surface area contributed by atoms with E-state index < -0.39 is 0 Å². The molecule has 2 atom stereocenters. The average Bonchev–Trinajstić information content (AvgIpc) is 3.01. The van der Waals surface area contributed by atoms with Crippen molar-refractivity contribution in [2.75, 3.05) is 24.5 Å². The first-order valence-electron chi connectivity index (χ1n) is 8.33. The molecule has 3 rings (SSSR count). The van der Waals surface area contributed by atoms with Gasteiger partial charge in [0.15, 0.2) is 0 Å². The van der Waals surface area contributed by atoms with Crippen LogP contribution in [0, 0.1) is 18.8 Å². The lowest BCUT2D eigenvalue weighted by molar-refractivity contribution is 0.494. The summed E-state index contributed by atoms with van der Waals surface area (Å²) in [6.07, 6.45) is 5.58. The highest BCUT2D eigenvalue weighted by atomic mass is 15.2. The van der Waals surface area contributed by atoms with Gasteiger partial charge in [0.2, 0.25) is 0 Å². The molecule has 0 radical (unpaired) electrons. The van der Waals surface area contributed by atoms with Gasteiger partial charge in [0.05, 0.1) is 0 Å². The van der Waals surface area contributed by atoms with E-state index in [9.17, 15) is 0 Å². The van der Waals surface area contributed by atoms with Gasteiger partial charge in [-0.2, -0.15) is 0 Å². The van der Waals surface area contributed by atoms with Gasteiger partial charge in [-0.3, -0.25) is 0 Å². The molecule has 2 heteroatoms. The van der Waals surface area contributed by atoms with E-state index >= 15 is 0 Å². The number of hydrogen-bond acceptors (Lipinski definition) is 2. The van der Waals surface area contributed by atoms with Crippen LogP contribution in [0.15, 0.2) is 18.2 Å². The van der Waals surface area contributed by atoms with E-state index in [0.29, 0.717) is 0 Å². The van der Waals surface area contributed by atoms with Crippen molar-refractivity contribution in [1.82, 2.24) is 5.32 Å². The third-order valence-electron chi connectivity index (χ3n) is 5.16. The molecule has 1 N–H and O–H groups in total. The molecule has 1 aliphatic heterocycles. The highest BCUT2D eigenvalue weighted by molar-refractivity contribution is 5.52. The summed E-state index contributed by atoms with van der Waals surface area (Å²) in [7, 11) is 0. The van der Waals surface area contributed by atoms with Crippen molar-refractivity contribution in [1.29, 1.82) is 0 Å². The van der Waals surface area contributed by atoms with Crippen molar-refractivity contribution in [3.8, 4) is 0 Å². The van der Waals surface area contributed by atoms with Gasteiger partial charge in [0, 0.05) is 25.3 Å². The minimum absolute atomic E-state index is 0.973. The average molecular weight is 272 g/mol. The summed E-state index contributed by atoms with van der Waals surface area (Å²) in [6, 6.07) is 7.04. The molecule has 0 aromatic heterocycles. The molecule has 0 spiro atoms. The molecule has 2 unspecified atom stereocenters. The Morgan fingerprint density at radius 3 is 2.60 bits per heavy atom. The summed E-state index contributed by atoms with van der Waals surface area (Å²) >= 11 is 0. The maximum atomic E-state index is 3.50. The zero-order chi connectivity index (χ0) is 13.9. The molecule has 1 aromatic rings. The van der Waals surface area contributed by atoms with Gasteiger partial charge in [-0.05, 0) is 67.8 Å². The Hall–Kier alpha value is -1.02. The van der Waals surface area contributed by atoms with Gasteiger partial charge in [-0.1, -0.05) is 19.4 Å². The number of nitrogens with one attached hydrogen (secondary N) is 1. The molecule has 1 aliphatic carbocycles. The van der Waals surface area contributed by atoms with Crippen molar-refractivity contribution >= 4 is 5.69 Å². The lowest BCUT2D eigenvalue weighted by Gasteiger charge is -2.21. The van der Waals surface area contributed by atoms with E-state index in [1.165, 1.54) is 55.6 Å². The highest BCUT2D eigenvalue weighted by Crippen LogP contribution is 2.39. The van der Waals surface area contributed by atoms with E-state index in [1.54, 1.807) is 0 Å². The molecule has 0 amide bonds. The third kappa shape index (κ3) is 2.85. The van der Waals surface area contributed by atoms with Crippen LogP contribution in [-0.4, -0.2) is 19.6 Å². The van der Waals surface area contributed by atoms with Crippen LogP contribution < -0.4 is 10.2 Å². The maximum absolute atomic E-state index is 3.50. The second-order valence-electron chi connectivity index (χ2n) is 6.64. The second kappa shape index (κ2) is 6.17. The van der Waals surface area contributed by atoms with E-state index in [1.807, 2.05) is 0 Å². The number of benzene rings is 1. The zero-order valence-electron chi connectivity index (χ0n) is 13.0. The molecular formula is C18H28N2. The van der Waals surface area contributed by atoms with Gasteiger partial charge in [-0.25, -0.2) is 0 Å². The molecule has 2 nitrogen and oxygen atoms in total. The van der Waals surface area contributed by atoms with E-state index in [4.69, 9.17) is 0 Å². The summed E-state index contributed by atoms with van der Waals surface area (Å²) in [5, 5.41) is 3.50. The Kier molecular flexibility index (Phi) is 4.30. The van der Waals surface area contributed by atoms with Crippen molar-refractivity contribution in [2.24, 2.45) is 11.8 Å². The van der Waals surface area contributed by atoms with Crippen LogP contribution in [0.4, 0.5) is 5.69 Å². The van der Waals surface area contributed by atoms with E-state index in [2.05, 4.69) is 42.3 Å². The van der Waals surface area contributed by atoms with Crippen molar-refractivity contribution in [3.63, 3.8) is 0 Å². The van der Waals surface area contributed by atoms with Crippen LogP contribution in [0.3, 0.4) is 0 Å². The minimum atomic E-state index is 0.973. The molecule has 2 aliphatic rings. The van der Waals surface area contributed by atoms with Crippen molar-refractivity contribution in [3.05, 3.63) is 29.3 Å². The van der Waals surface area contributed by atoms with Gasteiger partial charge < -0.3 is 10.2 Å². The zero-order valence-corrected chi connectivity index (χ0v) is 13.0. The molecule has 0 bridgehead atoms. The highest BCUT2D eigenvalue weighted by Gasteiger charge is 2.36. The lowest BCUT2D eigenvalue weighted by Crippen LogP contribution is -2.21. The van der Waals surface area contributed by atoms with Crippen LogP contribution in [0.2, 0.25) is 0 Å². The quantitative estimate of drug-likeness (QED) is 0.822. The number of hydrogen-bond donors (Lipinski definition) is 1. The van der Waals surface area contributed by atoms with E-state index in [0.717, 1.165) is 24.9 Å². The fourth-order valence-electron chi connectivity index (χ4n) is 3.92. The van der Waals surface area contributed by atoms with Crippen LogP contribution in [-0.2, 0) is 6.54 Å². The predicted molar refractivity (Wildman–Crippen MR) is 86.2 cm³/mol. The Balaban J connectivity index is 1.65. The fourth-order valence-corrected chi connectivity index (χ4v) is 3.92. The molecule has 1 saturated carbocycles.